The molecule has 0 bridgehead atoms. The van der Waals surface area contributed by atoms with Crippen molar-refractivity contribution >= 4 is 10.8 Å². The average Bonchev–Trinajstić information content (AvgIpc) is 2.82. The fourth-order valence-corrected chi connectivity index (χ4v) is 4.75. The van der Waals surface area contributed by atoms with Crippen LogP contribution in [0.15, 0.2) is 35.2 Å². The minimum atomic E-state index is -0.750. The molecule has 2 heteroatoms. The van der Waals surface area contributed by atoms with E-state index in [2.05, 4.69) is 0 Å². The quantitative estimate of drug-likeness (QED) is 0.727. The third kappa shape index (κ3) is 1.10. The molecule has 3 unspecified atom stereocenters. The van der Waals surface area contributed by atoms with Crippen molar-refractivity contribution in [3.05, 3.63) is 30.3 Å². The zero-order valence-corrected chi connectivity index (χ0v) is 8.93. The minimum Gasteiger partial charge on any atom is -0.254 e. The van der Waals surface area contributed by atoms with E-state index in [0.29, 0.717) is 0 Å². The van der Waals surface area contributed by atoms with Crippen molar-refractivity contribution in [2.45, 2.75) is 35.3 Å². The van der Waals surface area contributed by atoms with Crippen LogP contribution < -0.4 is 0 Å². The summed E-state index contributed by atoms with van der Waals surface area (Å²) in [5.74, 6) is 0.767. The van der Waals surface area contributed by atoms with E-state index in [1.165, 1.54) is 25.7 Å². The summed E-state index contributed by atoms with van der Waals surface area (Å²) in [6, 6.07) is 9.95. The maximum Gasteiger partial charge on any atom is 0.0594 e. The lowest BCUT2D eigenvalue weighted by molar-refractivity contribution is 0.661. The Kier molecular flexibility index (Phi) is 1.81. The molecule has 0 saturated heterocycles. The van der Waals surface area contributed by atoms with Gasteiger partial charge in [0.25, 0.3) is 0 Å². The van der Waals surface area contributed by atoms with Crippen molar-refractivity contribution in [3.8, 4) is 0 Å². The molecule has 0 aromatic heterocycles. The topological polar surface area (TPSA) is 17.1 Å². The molecule has 0 amide bonds. The maximum atomic E-state index is 12.3. The Morgan fingerprint density at radius 1 is 1.29 bits per heavy atom. The Morgan fingerprint density at radius 3 is 2.64 bits per heavy atom. The second-order valence-corrected chi connectivity index (χ2v) is 6.26. The summed E-state index contributed by atoms with van der Waals surface area (Å²) in [4.78, 5) is 1.02. The standard InChI is InChI=1S/C12H14OS/c13-14(11-6-2-1-3-7-11)12-8-4-5-10(12)9-12/h1-3,6-7,10H,4-5,8-9H2. The third-order valence-electron chi connectivity index (χ3n) is 3.65. The fourth-order valence-electron chi connectivity index (χ4n) is 2.78. The molecule has 2 aliphatic carbocycles. The molecule has 0 heterocycles. The largest absolute Gasteiger partial charge is 0.254 e. The fraction of sp³-hybridized carbons (Fsp3) is 0.500. The van der Waals surface area contributed by atoms with Crippen molar-refractivity contribution in [2.75, 3.05) is 0 Å². The predicted molar refractivity (Wildman–Crippen MR) is 57.5 cm³/mol. The summed E-state index contributed by atoms with van der Waals surface area (Å²) in [6.45, 7) is 0. The summed E-state index contributed by atoms with van der Waals surface area (Å²) in [5, 5.41) is 0. The molecule has 1 aromatic carbocycles. The van der Waals surface area contributed by atoms with Gasteiger partial charge in [0.05, 0.1) is 15.5 Å². The zero-order valence-electron chi connectivity index (χ0n) is 8.11. The number of hydrogen-bond acceptors (Lipinski definition) is 1. The van der Waals surface area contributed by atoms with Crippen LogP contribution in [0.25, 0.3) is 0 Å². The van der Waals surface area contributed by atoms with E-state index in [1.807, 2.05) is 30.3 Å². The van der Waals surface area contributed by atoms with Crippen molar-refractivity contribution in [1.82, 2.24) is 0 Å². The number of rotatable bonds is 2. The normalized spacial score (nSPS) is 36.4. The molecule has 3 rings (SSSR count). The molecule has 14 heavy (non-hydrogen) atoms. The van der Waals surface area contributed by atoms with E-state index in [-0.39, 0.29) is 4.75 Å². The van der Waals surface area contributed by atoms with E-state index >= 15 is 0 Å². The third-order valence-corrected chi connectivity index (χ3v) is 5.80. The van der Waals surface area contributed by atoms with Gasteiger partial charge in [0.15, 0.2) is 0 Å². The van der Waals surface area contributed by atoms with Crippen molar-refractivity contribution < 1.29 is 4.21 Å². The first-order valence-corrected chi connectivity index (χ1v) is 6.45. The Morgan fingerprint density at radius 2 is 2.07 bits per heavy atom. The van der Waals surface area contributed by atoms with Crippen molar-refractivity contribution in [1.29, 1.82) is 0 Å². The molecule has 3 atom stereocenters. The van der Waals surface area contributed by atoms with Gasteiger partial charge in [0, 0.05) is 4.90 Å². The average molecular weight is 206 g/mol. The molecule has 1 aromatic rings. The number of benzene rings is 1. The van der Waals surface area contributed by atoms with Gasteiger partial charge in [-0.3, -0.25) is 4.21 Å². The van der Waals surface area contributed by atoms with Crippen LogP contribution in [-0.4, -0.2) is 8.96 Å². The first-order valence-electron chi connectivity index (χ1n) is 5.30. The van der Waals surface area contributed by atoms with Gasteiger partial charge in [-0.15, -0.1) is 0 Å². The zero-order chi connectivity index (χ0) is 9.60. The Balaban J connectivity index is 1.91. The highest BCUT2D eigenvalue weighted by Gasteiger charge is 2.61. The van der Waals surface area contributed by atoms with E-state index in [4.69, 9.17) is 0 Å². The van der Waals surface area contributed by atoms with Crippen molar-refractivity contribution in [2.24, 2.45) is 5.92 Å². The molecule has 0 aliphatic heterocycles. The monoisotopic (exact) mass is 206 g/mol. The van der Waals surface area contributed by atoms with Gasteiger partial charge < -0.3 is 0 Å². The summed E-state index contributed by atoms with van der Waals surface area (Å²) in [6.07, 6.45) is 4.97. The summed E-state index contributed by atoms with van der Waals surface area (Å²) in [7, 11) is -0.750. The Hall–Kier alpha value is -0.630. The SMILES string of the molecule is O=S(c1ccccc1)C12CCCC1C2. The molecule has 0 radical (unpaired) electrons. The first kappa shape index (κ1) is 8.66. The highest BCUT2D eigenvalue weighted by molar-refractivity contribution is 7.86. The van der Waals surface area contributed by atoms with Crippen LogP contribution in [-0.2, 0) is 10.8 Å². The molecular formula is C12H14OS. The summed E-state index contributed by atoms with van der Waals surface area (Å²) < 4.78 is 12.5. The molecule has 0 N–H and O–H groups in total. The number of hydrogen-bond donors (Lipinski definition) is 0. The van der Waals surface area contributed by atoms with Gasteiger partial charge in [-0.05, 0) is 37.3 Å². The van der Waals surface area contributed by atoms with Gasteiger partial charge in [0.2, 0.25) is 0 Å². The van der Waals surface area contributed by atoms with E-state index < -0.39 is 10.8 Å². The molecule has 1 nitrogen and oxygen atoms in total. The predicted octanol–water partition coefficient (Wildman–Crippen LogP) is 2.74. The second-order valence-electron chi connectivity index (χ2n) is 4.44. The highest BCUT2D eigenvalue weighted by Crippen LogP contribution is 2.60. The van der Waals surface area contributed by atoms with Crippen LogP contribution in [0.4, 0.5) is 0 Å². The lowest BCUT2D eigenvalue weighted by atomic mass is 10.3. The van der Waals surface area contributed by atoms with Gasteiger partial charge in [-0.1, -0.05) is 24.6 Å². The summed E-state index contributed by atoms with van der Waals surface area (Å²) >= 11 is 0. The molecular weight excluding hydrogens is 192 g/mol. The molecule has 2 aliphatic rings. The molecule has 74 valence electrons. The lowest BCUT2D eigenvalue weighted by Crippen LogP contribution is -2.15. The minimum absolute atomic E-state index is 0.196. The van der Waals surface area contributed by atoms with Gasteiger partial charge in [-0.25, -0.2) is 0 Å². The maximum absolute atomic E-state index is 12.3. The van der Waals surface area contributed by atoms with Crippen LogP contribution in [0.1, 0.15) is 25.7 Å². The van der Waals surface area contributed by atoms with Crippen molar-refractivity contribution in [3.63, 3.8) is 0 Å². The molecule has 2 saturated carbocycles. The van der Waals surface area contributed by atoms with E-state index in [9.17, 15) is 4.21 Å². The second kappa shape index (κ2) is 2.93. The van der Waals surface area contributed by atoms with Gasteiger partial charge in [-0.2, -0.15) is 0 Å². The smallest absolute Gasteiger partial charge is 0.0594 e. The highest BCUT2D eigenvalue weighted by atomic mass is 32.2. The lowest BCUT2D eigenvalue weighted by Gasteiger charge is -2.11. The first-order chi connectivity index (χ1) is 6.83. The molecule has 2 fully saturated rings. The molecule has 0 spiro atoms. The number of fused-ring (bicyclic) bond motifs is 1. The summed E-state index contributed by atoms with van der Waals surface area (Å²) in [5.41, 5.74) is 0. The van der Waals surface area contributed by atoms with Crippen LogP contribution in [0.2, 0.25) is 0 Å². The van der Waals surface area contributed by atoms with Crippen LogP contribution >= 0.6 is 0 Å². The Labute approximate surface area is 87.0 Å². The van der Waals surface area contributed by atoms with Crippen LogP contribution in [0, 0.1) is 5.92 Å². The van der Waals surface area contributed by atoms with Crippen LogP contribution in [0.3, 0.4) is 0 Å². The van der Waals surface area contributed by atoms with Gasteiger partial charge in [0.1, 0.15) is 0 Å². The van der Waals surface area contributed by atoms with E-state index in [0.717, 1.165) is 10.8 Å². The Bertz CT molecular complexity index is 373. The van der Waals surface area contributed by atoms with Crippen LogP contribution in [0.5, 0.6) is 0 Å². The van der Waals surface area contributed by atoms with E-state index in [1.54, 1.807) is 0 Å². The van der Waals surface area contributed by atoms with Gasteiger partial charge >= 0.3 is 0 Å².